The van der Waals surface area contributed by atoms with Gasteiger partial charge in [-0.3, -0.25) is 9.59 Å². The van der Waals surface area contributed by atoms with Gasteiger partial charge in [0.15, 0.2) is 0 Å². The van der Waals surface area contributed by atoms with Crippen LogP contribution in [0.1, 0.15) is 30.5 Å². The van der Waals surface area contributed by atoms with E-state index in [2.05, 4.69) is 5.32 Å². The normalized spacial score (nSPS) is 11.7. The number of nitrogens with one attached hydrogen (secondary N) is 1. The minimum Gasteiger partial charge on any atom is -0.497 e. The third-order valence-corrected chi connectivity index (χ3v) is 6.84. The van der Waals surface area contributed by atoms with E-state index in [4.69, 9.17) is 16.3 Å². The molecule has 0 saturated heterocycles. The average molecular weight is 525 g/mol. The van der Waals surface area contributed by atoms with Crippen LogP contribution in [0.3, 0.4) is 0 Å². The van der Waals surface area contributed by atoms with Gasteiger partial charge in [0.2, 0.25) is 11.8 Å². The number of nitrogens with zero attached hydrogens (tertiary/aromatic N) is 1. The largest absolute Gasteiger partial charge is 0.497 e. The van der Waals surface area contributed by atoms with Gasteiger partial charge in [0.05, 0.1) is 12.9 Å². The number of amides is 2. The molecule has 3 rings (SSSR count). The highest BCUT2D eigenvalue weighted by Crippen LogP contribution is 2.21. The molecule has 0 fully saturated rings. The van der Waals surface area contributed by atoms with E-state index in [0.29, 0.717) is 29.5 Å². The Balaban J connectivity index is 1.85. The average Bonchev–Trinajstić information content (AvgIpc) is 2.87. The number of thioether (sulfide) groups is 1. The Labute approximate surface area is 223 Å². The number of ether oxygens (including phenoxy) is 1. The molecular weight excluding hydrogens is 492 g/mol. The number of halogens is 1. The first-order chi connectivity index (χ1) is 17.4. The van der Waals surface area contributed by atoms with E-state index in [1.165, 1.54) is 11.8 Å². The number of methoxy groups -OCH3 is 1. The third-order valence-electron chi connectivity index (χ3n) is 5.60. The highest BCUT2D eigenvalue weighted by molar-refractivity contribution is 7.99. The van der Waals surface area contributed by atoms with Crippen molar-refractivity contribution in [2.45, 2.75) is 44.6 Å². The van der Waals surface area contributed by atoms with Crippen molar-refractivity contribution in [1.82, 2.24) is 10.2 Å². The van der Waals surface area contributed by atoms with Crippen LogP contribution < -0.4 is 10.1 Å². The summed E-state index contributed by atoms with van der Waals surface area (Å²) in [6.45, 7) is 4.15. The molecule has 36 heavy (non-hydrogen) atoms. The van der Waals surface area contributed by atoms with Gasteiger partial charge in [0.1, 0.15) is 11.8 Å². The molecule has 0 bridgehead atoms. The molecule has 5 nitrogen and oxygen atoms in total. The van der Waals surface area contributed by atoms with Crippen LogP contribution in [0, 0.1) is 0 Å². The minimum atomic E-state index is -0.648. The SMILES string of the molecule is COc1cccc(CN(C(=O)CSCc2ccc(Cl)cc2)[C@@H](Cc2ccccc2)C(=O)NC(C)C)c1. The van der Waals surface area contributed by atoms with E-state index in [1.54, 1.807) is 12.0 Å². The van der Waals surface area contributed by atoms with Crippen LogP contribution in [0.5, 0.6) is 5.75 Å². The van der Waals surface area contributed by atoms with Crippen molar-refractivity contribution in [3.05, 3.63) is 101 Å². The second-order valence-electron chi connectivity index (χ2n) is 8.86. The van der Waals surface area contributed by atoms with Crippen LogP contribution in [-0.4, -0.2) is 41.7 Å². The van der Waals surface area contributed by atoms with Gasteiger partial charge in [-0.15, -0.1) is 11.8 Å². The summed E-state index contributed by atoms with van der Waals surface area (Å²) in [5.41, 5.74) is 2.99. The summed E-state index contributed by atoms with van der Waals surface area (Å²) in [5.74, 6) is 1.40. The smallest absolute Gasteiger partial charge is 0.243 e. The van der Waals surface area contributed by atoms with E-state index in [9.17, 15) is 9.59 Å². The number of carbonyl (C=O) groups is 2. The number of benzene rings is 3. The molecule has 1 atom stereocenters. The third kappa shape index (κ3) is 8.61. The van der Waals surface area contributed by atoms with Gasteiger partial charge in [-0.2, -0.15) is 0 Å². The summed E-state index contributed by atoms with van der Waals surface area (Å²) in [4.78, 5) is 28.7. The minimum absolute atomic E-state index is 0.0381. The van der Waals surface area contributed by atoms with Crippen molar-refractivity contribution >= 4 is 35.2 Å². The lowest BCUT2D eigenvalue weighted by Crippen LogP contribution is -2.52. The van der Waals surface area contributed by atoms with Crippen molar-refractivity contribution < 1.29 is 14.3 Å². The first kappa shape index (κ1) is 27.6. The van der Waals surface area contributed by atoms with Gasteiger partial charge < -0.3 is 15.0 Å². The zero-order valence-electron chi connectivity index (χ0n) is 20.9. The van der Waals surface area contributed by atoms with Crippen LogP contribution in [-0.2, 0) is 28.3 Å². The molecule has 0 spiro atoms. The van der Waals surface area contributed by atoms with Gasteiger partial charge in [0, 0.05) is 29.8 Å². The Morgan fingerprint density at radius 1 is 0.944 bits per heavy atom. The fourth-order valence-electron chi connectivity index (χ4n) is 3.82. The van der Waals surface area contributed by atoms with Crippen molar-refractivity contribution in [2.75, 3.05) is 12.9 Å². The molecule has 0 aliphatic heterocycles. The molecule has 0 aliphatic carbocycles. The predicted molar refractivity (Wildman–Crippen MR) is 148 cm³/mol. The number of hydrogen-bond donors (Lipinski definition) is 1. The van der Waals surface area contributed by atoms with E-state index in [0.717, 1.165) is 16.7 Å². The fourth-order valence-corrected chi connectivity index (χ4v) is 4.82. The van der Waals surface area contributed by atoms with Crippen LogP contribution in [0.4, 0.5) is 0 Å². The Bertz CT molecular complexity index is 1120. The Morgan fingerprint density at radius 2 is 1.64 bits per heavy atom. The molecule has 0 aromatic heterocycles. The second kappa shape index (κ2) is 14.0. The van der Waals surface area contributed by atoms with Crippen LogP contribution in [0.2, 0.25) is 5.02 Å². The zero-order valence-corrected chi connectivity index (χ0v) is 22.5. The number of rotatable bonds is 12. The Kier molecular flexibility index (Phi) is 10.7. The fraction of sp³-hybridized carbons (Fsp3) is 0.310. The molecule has 0 aliphatic rings. The van der Waals surface area contributed by atoms with Crippen LogP contribution >= 0.6 is 23.4 Å². The molecular formula is C29H33ClN2O3S. The van der Waals surface area contributed by atoms with Crippen molar-refractivity contribution in [2.24, 2.45) is 0 Å². The zero-order chi connectivity index (χ0) is 25.9. The molecule has 7 heteroatoms. The Morgan fingerprint density at radius 3 is 2.31 bits per heavy atom. The lowest BCUT2D eigenvalue weighted by atomic mass is 10.0. The van der Waals surface area contributed by atoms with E-state index >= 15 is 0 Å². The van der Waals surface area contributed by atoms with Crippen molar-refractivity contribution in [3.8, 4) is 5.75 Å². The standard InChI is InChI=1S/C29H33ClN2O3S/c1-21(2)31-29(34)27(17-22-8-5-4-6-9-22)32(18-24-10-7-11-26(16-24)35-3)28(33)20-36-19-23-12-14-25(30)15-13-23/h4-16,21,27H,17-20H2,1-3H3,(H,31,34)/t27-/m0/s1. The van der Waals surface area contributed by atoms with E-state index in [-0.39, 0.29) is 23.6 Å². The van der Waals surface area contributed by atoms with Gasteiger partial charge in [-0.1, -0.05) is 66.2 Å². The molecule has 190 valence electrons. The van der Waals surface area contributed by atoms with E-state index < -0.39 is 6.04 Å². The van der Waals surface area contributed by atoms with Gasteiger partial charge >= 0.3 is 0 Å². The molecule has 3 aromatic rings. The summed E-state index contributed by atoms with van der Waals surface area (Å²) >= 11 is 7.51. The topological polar surface area (TPSA) is 58.6 Å². The van der Waals surface area contributed by atoms with Crippen molar-refractivity contribution in [1.29, 1.82) is 0 Å². The molecule has 1 N–H and O–H groups in total. The van der Waals surface area contributed by atoms with Gasteiger partial charge in [-0.25, -0.2) is 0 Å². The summed E-state index contributed by atoms with van der Waals surface area (Å²) < 4.78 is 5.38. The first-order valence-corrected chi connectivity index (χ1v) is 13.5. The van der Waals surface area contributed by atoms with Crippen LogP contribution in [0.25, 0.3) is 0 Å². The second-order valence-corrected chi connectivity index (χ2v) is 10.3. The summed E-state index contributed by atoms with van der Waals surface area (Å²) in [5, 5.41) is 3.70. The summed E-state index contributed by atoms with van der Waals surface area (Å²) in [6.07, 6.45) is 0.428. The summed E-state index contributed by atoms with van der Waals surface area (Å²) in [7, 11) is 1.61. The summed E-state index contributed by atoms with van der Waals surface area (Å²) in [6, 6.07) is 24.4. The van der Waals surface area contributed by atoms with Crippen LogP contribution in [0.15, 0.2) is 78.9 Å². The maximum atomic E-state index is 13.6. The predicted octanol–water partition coefficient (Wildman–Crippen LogP) is 5.75. The molecule has 0 heterocycles. The lowest BCUT2D eigenvalue weighted by molar-refractivity contribution is -0.139. The monoisotopic (exact) mass is 524 g/mol. The highest BCUT2D eigenvalue weighted by atomic mass is 35.5. The molecule has 0 radical (unpaired) electrons. The maximum absolute atomic E-state index is 13.6. The van der Waals surface area contributed by atoms with Crippen molar-refractivity contribution in [3.63, 3.8) is 0 Å². The molecule has 2 amide bonds. The highest BCUT2D eigenvalue weighted by Gasteiger charge is 2.30. The molecule has 0 saturated carbocycles. The molecule has 0 unspecified atom stereocenters. The first-order valence-electron chi connectivity index (χ1n) is 11.9. The quantitative estimate of drug-likeness (QED) is 0.328. The lowest BCUT2D eigenvalue weighted by Gasteiger charge is -2.32. The Hall–Kier alpha value is -2.96. The number of carbonyl (C=O) groups excluding carboxylic acids is 2. The van der Waals surface area contributed by atoms with E-state index in [1.807, 2.05) is 92.7 Å². The maximum Gasteiger partial charge on any atom is 0.243 e. The van der Waals surface area contributed by atoms with Gasteiger partial charge in [-0.05, 0) is 54.8 Å². The van der Waals surface area contributed by atoms with Gasteiger partial charge in [0.25, 0.3) is 0 Å². The number of hydrogen-bond acceptors (Lipinski definition) is 4. The molecule has 3 aromatic carbocycles.